The highest BCUT2D eigenvalue weighted by molar-refractivity contribution is 4.95. The van der Waals surface area contributed by atoms with Gasteiger partial charge in [0.15, 0.2) is 0 Å². The summed E-state index contributed by atoms with van der Waals surface area (Å²) < 4.78 is 2.26. The summed E-state index contributed by atoms with van der Waals surface area (Å²) in [6, 6.07) is 0.769. The van der Waals surface area contributed by atoms with Crippen molar-refractivity contribution in [1.82, 2.24) is 9.55 Å². The molecule has 0 bridgehead atoms. The van der Waals surface area contributed by atoms with Gasteiger partial charge in [-0.05, 0) is 19.8 Å². The summed E-state index contributed by atoms with van der Waals surface area (Å²) in [6.45, 7) is 2.06. The quantitative estimate of drug-likeness (QED) is 0.768. The Labute approximate surface area is 91.7 Å². The molecule has 3 heteroatoms. The summed E-state index contributed by atoms with van der Waals surface area (Å²) in [7, 11) is 0. The standard InChI is InChI=1S/C12H21N3/c1-10-14-8-9-15(10)12-7-5-3-2-4-6-11(12)13/h8-9,11-12H,2-7,13H2,1H3. The molecule has 1 aliphatic rings. The van der Waals surface area contributed by atoms with E-state index in [4.69, 9.17) is 5.73 Å². The van der Waals surface area contributed by atoms with Crippen LogP contribution < -0.4 is 5.73 Å². The second-order valence-corrected chi connectivity index (χ2v) is 4.60. The van der Waals surface area contributed by atoms with Gasteiger partial charge >= 0.3 is 0 Å². The summed E-state index contributed by atoms with van der Waals surface area (Å²) in [5, 5.41) is 0. The van der Waals surface area contributed by atoms with Crippen LogP contribution in [0.5, 0.6) is 0 Å². The largest absolute Gasteiger partial charge is 0.331 e. The van der Waals surface area contributed by atoms with E-state index in [9.17, 15) is 0 Å². The topological polar surface area (TPSA) is 43.8 Å². The average Bonchev–Trinajstić information content (AvgIpc) is 2.59. The van der Waals surface area contributed by atoms with Crippen LogP contribution in [0.2, 0.25) is 0 Å². The molecular formula is C12H21N3. The van der Waals surface area contributed by atoms with Gasteiger partial charge in [-0.3, -0.25) is 0 Å². The van der Waals surface area contributed by atoms with Crippen LogP contribution in [0.15, 0.2) is 12.4 Å². The zero-order chi connectivity index (χ0) is 10.7. The van der Waals surface area contributed by atoms with E-state index in [1.54, 1.807) is 0 Å². The molecule has 0 saturated heterocycles. The first-order valence-electron chi connectivity index (χ1n) is 6.04. The lowest BCUT2D eigenvalue weighted by molar-refractivity contribution is 0.323. The Bertz CT molecular complexity index is 306. The number of nitrogens with zero attached hydrogens (tertiary/aromatic N) is 2. The molecule has 3 nitrogen and oxygen atoms in total. The third-order valence-corrected chi connectivity index (χ3v) is 3.50. The molecule has 0 aliphatic heterocycles. The van der Waals surface area contributed by atoms with Crippen molar-refractivity contribution in [3.63, 3.8) is 0 Å². The fourth-order valence-electron chi connectivity index (χ4n) is 2.58. The van der Waals surface area contributed by atoms with Gasteiger partial charge in [0.1, 0.15) is 5.82 Å². The first kappa shape index (κ1) is 10.7. The minimum absolute atomic E-state index is 0.304. The second-order valence-electron chi connectivity index (χ2n) is 4.60. The Morgan fingerprint density at radius 2 is 2.00 bits per heavy atom. The molecular weight excluding hydrogens is 186 g/mol. The van der Waals surface area contributed by atoms with Gasteiger partial charge in [0.05, 0.1) is 0 Å². The maximum absolute atomic E-state index is 6.26. The van der Waals surface area contributed by atoms with Gasteiger partial charge in [0.2, 0.25) is 0 Å². The van der Waals surface area contributed by atoms with Crippen molar-refractivity contribution in [1.29, 1.82) is 0 Å². The van der Waals surface area contributed by atoms with E-state index in [2.05, 4.69) is 22.7 Å². The monoisotopic (exact) mass is 207 g/mol. The number of hydrogen-bond donors (Lipinski definition) is 1. The van der Waals surface area contributed by atoms with E-state index < -0.39 is 0 Å². The molecule has 0 radical (unpaired) electrons. The van der Waals surface area contributed by atoms with Gasteiger partial charge in [-0.25, -0.2) is 4.98 Å². The molecule has 1 fully saturated rings. The summed E-state index contributed by atoms with van der Waals surface area (Å²) in [6.07, 6.45) is 11.6. The molecule has 0 amide bonds. The number of aryl methyl sites for hydroxylation is 1. The fraction of sp³-hybridized carbons (Fsp3) is 0.750. The van der Waals surface area contributed by atoms with E-state index in [0.29, 0.717) is 12.1 Å². The molecule has 1 aromatic rings. The van der Waals surface area contributed by atoms with Crippen LogP contribution in [-0.4, -0.2) is 15.6 Å². The molecule has 0 aromatic carbocycles. The molecule has 1 heterocycles. The maximum atomic E-state index is 6.26. The van der Waals surface area contributed by atoms with Gasteiger partial charge < -0.3 is 10.3 Å². The van der Waals surface area contributed by atoms with Crippen molar-refractivity contribution in [3.05, 3.63) is 18.2 Å². The molecule has 2 N–H and O–H groups in total. The van der Waals surface area contributed by atoms with Crippen LogP contribution in [0.4, 0.5) is 0 Å². The smallest absolute Gasteiger partial charge is 0.105 e. The van der Waals surface area contributed by atoms with Crippen molar-refractivity contribution in [2.24, 2.45) is 5.73 Å². The van der Waals surface area contributed by atoms with E-state index in [1.165, 1.54) is 32.1 Å². The van der Waals surface area contributed by atoms with Crippen LogP contribution in [0.25, 0.3) is 0 Å². The Kier molecular flexibility index (Phi) is 3.41. The van der Waals surface area contributed by atoms with Crippen molar-refractivity contribution in [2.75, 3.05) is 0 Å². The Hall–Kier alpha value is -0.830. The number of hydrogen-bond acceptors (Lipinski definition) is 2. The number of nitrogens with two attached hydrogens (primary N) is 1. The molecule has 1 aromatic heterocycles. The van der Waals surface area contributed by atoms with Gasteiger partial charge in [0, 0.05) is 24.5 Å². The van der Waals surface area contributed by atoms with Crippen LogP contribution in [-0.2, 0) is 0 Å². The highest BCUT2D eigenvalue weighted by atomic mass is 15.1. The van der Waals surface area contributed by atoms with E-state index in [0.717, 1.165) is 12.2 Å². The fourth-order valence-corrected chi connectivity index (χ4v) is 2.58. The van der Waals surface area contributed by atoms with Crippen LogP contribution in [0.1, 0.15) is 50.4 Å². The lowest BCUT2D eigenvalue weighted by Crippen LogP contribution is -2.33. The third kappa shape index (κ3) is 2.40. The minimum Gasteiger partial charge on any atom is -0.331 e. The Morgan fingerprint density at radius 3 is 2.67 bits per heavy atom. The van der Waals surface area contributed by atoms with Crippen molar-refractivity contribution >= 4 is 0 Å². The van der Waals surface area contributed by atoms with Gasteiger partial charge in [-0.1, -0.05) is 25.7 Å². The summed E-state index contributed by atoms with van der Waals surface area (Å²) in [5.41, 5.74) is 6.26. The number of rotatable bonds is 1. The lowest BCUT2D eigenvalue weighted by Gasteiger charge is -2.28. The molecule has 1 aliphatic carbocycles. The molecule has 2 atom stereocenters. The minimum atomic E-state index is 0.304. The predicted octanol–water partition coefficient (Wildman–Crippen LogP) is 2.41. The summed E-state index contributed by atoms with van der Waals surface area (Å²) >= 11 is 0. The average molecular weight is 207 g/mol. The molecule has 2 unspecified atom stereocenters. The lowest BCUT2D eigenvalue weighted by atomic mass is 9.92. The molecule has 2 rings (SSSR count). The third-order valence-electron chi connectivity index (χ3n) is 3.50. The number of imidazole rings is 1. The number of aromatic nitrogens is 2. The van der Waals surface area contributed by atoms with Gasteiger partial charge in [-0.2, -0.15) is 0 Å². The second kappa shape index (κ2) is 4.79. The molecule has 0 spiro atoms. The van der Waals surface area contributed by atoms with Crippen molar-refractivity contribution in [2.45, 2.75) is 57.5 Å². The van der Waals surface area contributed by atoms with E-state index in [1.807, 2.05) is 6.20 Å². The van der Waals surface area contributed by atoms with Gasteiger partial charge in [-0.15, -0.1) is 0 Å². The summed E-state index contributed by atoms with van der Waals surface area (Å²) in [4.78, 5) is 4.29. The Morgan fingerprint density at radius 1 is 1.27 bits per heavy atom. The SMILES string of the molecule is Cc1nccn1C1CCCCCCC1N. The highest BCUT2D eigenvalue weighted by Gasteiger charge is 2.21. The molecule has 1 saturated carbocycles. The predicted molar refractivity (Wildman–Crippen MR) is 61.7 cm³/mol. The van der Waals surface area contributed by atoms with Gasteiger partial charge in [0.25, 0.3) is 0 Å². The molecule has 84 valence electrons. The first-order valence-corrected chi connectivity index (χ1v) is 6.04. The summed E-state index contributed by atoms with van der Waals surface area (Å²) in [5.74, 6) is 1.09. The van der Waals surface area contributed by atoms with Crippen LogP contribution in [0.3, 0.4) is 0 Å². The van der Waals surface area contributed by atoms with Crippen molar-refractivity contribution in [3.8, 4) is 0 Å². The van der Waals surface area contributed by atoms with Crippen LogP contribution >= 0.6 is 0 Å². The van der Waals surface area contributed by atoms with E-state index in [-0.39, 0.29) is 0 Å². The zero-order valence-electron chi connectivity index (χ0n) is 9.52. The normalized spacial score (nSPS) is 28.4. The van der Waals surface area contributed by atoms with Crippen molar-refractivity contribution < 1.29 is 0 Å². The molecule has 15 heavy (non-hydrogen) atoms. The zero-order valence-corrected chi connectivity index (χ0v) is 9.52. The Balaban J connectivity index is 2.13. The van der Waals surface area contributed by atoms with Crippen LogP contribution in [0, 0.1) is 6.92 Å². The highest BCUT2D eigenvalue weighted by Crippen LogP contribution is 2.26. The first-order chi connectivity index (χ1) is 7.29. The maximum Gasteiger partial charge on any atom is 0.105 e. The van der Waals surface area contributed by atoms with E-state index >= 15 is 0 Å².